The molecule has 8 nitrogen and oxygen atoms in total. The smallest absolute Gasteiger partial charge is 0.308 e. The third-order valence-electron chi connectivity index (χ3n) is 6.92. The Bertz CT molecular complexity index is 1550. The topological polar surface area (TPSA) is 98.8 Å². The van der Waals surface area contributed by atoms with Gasteiger partial charge in [-0.2, -0.15) is 0 Å². The lowest BCUT2D eigenvalue weighted by molar-refractivity contribution is -0.141. The van der Waals surface area contributed by atoms with Gasteiger partial charge in [0.15, 0.2) is 17.3 Å². The fourth-order valence-corrected chi connectivity index (χ4v) is 5.93. The van der Waals surface area contributed by atoms with Crippen molar-refractivity contribution in [2.45, 2.75) is 33.7 Å². The van der Waals surface area contributed by atoms with E-state index in [0.717, 1.165) is 50.0 Å². The van der Waals surface area contributed by atoms with Crippen LogP contribution in [0.4, 0.5) is 0 Å². The average molecular weight is 501 g/mol. The fourth-order valence-electron chi connectivity index (χ4n) is 4.71. The lowest BCUT2D eigenvalue weighted by Gasteiger charge is -2.16. The second-order valence-corrected chi connectivity index (χ2v) is 10.3. The van der Waals surface area contributed by atoms with E-state index in [1.54, 1.807) is 18.3 Å². The summed E-state index contributed by atoms with van der Waals surface area (Å²) in [5, 5.41) is 19.5. The Hall–Kier alpha value is -3.98. The number of hydrogen-bond acceptors (Lipinski definition) is 7. The van der Waals surface area contributed by atoms with Crippen LogP contribution in [0.3, 0.4) is 0 Å². The van der Waals surface area contributed by atoms with Crippen LogP contribution in [0.2, 0.25) is 0 Å². The SMILES string of the molecule is Cc1sc2c(c1C)C(c1ccc(-c3ccc4c(c3)OCO4)cc1)=N[C@@H](C(C)C(=O)O)c1nnc(C)n1-2. The Balaban J connectivity index is 1.50. The molecule has 1 N–H and O–H groups in total. The molecule has 2 atom stereocenters. The number of aliphatic carboxylic acids is 1. The summed E-state index contributed by atoms with van der Waals surface area (Å²) in [7, 11) is 0. The van der Waals surface area contributed by atoms with Crippen molar-refractivity contribution >= 4 is 23.0 Å². The van der Waals surface area contributed by atoms with Gasteiger partial charge < -0.3 is 14.6 Å². The van der Waals surface area contributed by atoms with Gasteiger partial charge in [0, 0.05) is 16.0 Å². The van der Waals surface area contributed by atoms with Gasteiger partial charge in [0.25, 0.3) is 0 Å². The molecule has 2 aromatic heterocycles. The molecule has 6 rings (SSSR count). The number of fused-ring (bicyclic) bond motifs is 4. The molecule has 0 fully saturated rings. The maximum absolute atomic E-state index is 12.0. The first-order chi connectivity index (χ1) is 17.3. The molecule has 0 saturated heterocycles. The van der Waals surface area contributed by atoms with Crippen LogP contribution in [0.15, 0.2) is 47.5 Å². The van der Waals surface area contributed by atoms with Crippen molar-refractivity contribution < 1.29 is 19.4 Å². The summed E-state index contributed by atoms with van der Waals surface area (Å²) in [6.45, 7) is 7.97. The van der Waals surface area contributed by atoms with Crippen LogP contribution in [0.25, 0.3) is 16.1 Å². The van der Waals surface area contributed by atoms with Crippen molar-refractivity contribution in [1.29, 1.82) is 0 Å². The molecular formula is C27H24N4O4S. The third kappa shape index (κ3) is 3.42. The van der Waals surface area contributed by atoms with E-state index in [9.17, 15) is 9.90 Å². The van der Waals surface area contributed by atoms with E-state index in [1.165, 1.54) is 4.88 Å². The molecule has 1 unspecified atom stereocenters. The molecule has 4 heterocycles. The number of hydrogen-bond donors (Lipinski definition) is 1. The van der Waals surface area contributed by atoms with Crippen molar-refractivity contribution in [3.05, 3.63) is 75.7 Å². The van der Waals surface area contributed by atoms with Gasteiger partial charge >= 0.3 is 5.97 Å². The molecule has 0 aliphatic carbocycles. The summed E-state index contributed by atoms with van der Waals surface area (Å²) in [4.78, 5) is 18.3. The van der Waals surface area contributed by atoms with Crippen LogP contribution in [0.5, 0.6) is 11.5 Å². The molecule has 36 heavy (non-hydrogen) atoms. The van der Waals surface area contributed by atoms with Crippen LogP contribution in [0, 0.1) is 26.7 Å². The number of aromatic nitrogens is 3. The van der Waals surface area contributed by atoms with Gasteiger partial charge in [0.05, 0.1) is 11.6 Å². The first-order valence-electron chi connectivity index (χ1n) is 11.7. The lowest BCUT2D eigenvalue weighted by Crippen LogP contribution is -2.21. The average Bonchev–Trinajstić information content (AvgIpc) is 3.54. The monoisotopic (exact) mass is 500 g/mol. The van der Waals surface area contributed by atoms with Gasteiger partial charge in [-0.3, -0.25) is 14.4 Å². The molecule has 0 amide bonds. The summed E-state index contributed by atoms with van der Waals surface area (Å²) >= 11 is 1.65. The summed E-state index contributed by atoms with van der Waals surface area (Å²) < 4.78 is 12.9. The minimum Gasteiger partial charge on any atom is -0.481 e. The molecule has 9 heteroatoms. The number of carboxylic acids is 1. The number of carboxylic acid groups (broad SMARTS) is 1. The van der Waals surface area contributed by atoms with Gasteiger partial charge in [0.1, 0.15) is 16.9 Å². The number of benzene rings is 2. The minimum absolute atomic E-state index is 0.238. The second kappa shape index (κ2) is 8.30. The van der Waals surface area contributed by atoms with Crippen LogP contribution >= 0.6 is 11.3 Å². The normalized spacial score (nSPS) is 16.7. The number of aryl methyl sites for hydroxylation is 2. The standard InChI is InChI=1S/C27H24N4O4S/c1-13-15(3)36-26-22(13)24(28-23(14(2)27(32)33)25-30-29-16(4)31(25)26)18-7-5-17(6-8-18)19-9-10-20-21(11-19)35-12-34-20/h5-11,14,23H,12H2,1-4H3,(H,32,33)/t14?,23-/m0/s1. The first kappa shape index (κ1) is 22.5. The molecule has 0 saturated carbocycles. The summed E-state index contributed by atoms with van der Waals surface area (Å²) in [6.07, 6.45) is 0. The van der Waals surface area contributed by atoms with Crippen LogP contribution in [-0.4, -0.2) is 38.3 Å². The van der Waals surface area contributed by atoms with E-state index in [2.05, 4.69) is 36.2 Å². The molecule has 182 valence electrons. The van der Waals surface area contributed by atoms with Crippen molar-refractivity contribution in [3.63, 3.8) is 0 Å². The molecule has 4 aromatic rings. The van der Waals surface area contributed by atoms with Crippen molar-refractivity contribution in [2.75, 3.05) is 6.79 Å². The van der Waals surface area contributed by atoms with Crippen LogP contribution in [-0.2, 0) is 4.79 Å². The summed E-state index contributed by atoms with van der Waals surface area (Å²) in [5.74, 6) is 1.06. The molecule has 0 radical (unpaired) electrons. The van der Waals surface area contributed by atoms with Gasteiger partial charge in [0.2, 0.25) is 6.79 Å². The molecule has 2 aliphatic heterocycles. The lowest BCUT2D eigenvalue weighted by atomic mass is 9.96. The molecule has 2 aliphatic rings. The molecular weight excluding hydrogens is 476 g/mol. The Kier molecular flexibility index (Phi) is 5.19. The zero-order valence-corrected chi connectivity index (χ0v) is 21.1. The molecule has 0 bridgehead atoms. The van der Waals surface area contributed by atoms with Crippen molar-refractivity contribution in [3.8, 4) is 27.6 Å². The Morgan fingerprint density at radius 2 is 1.72 bits per heavy atom. The summed E-state index contributed by atoms with van der Waals surface area (Å²) in [5.41, 5.74) is 5.87. The fraction of sp³-hybridized carbons (Fsp3) is 0.259. The number of rotatable bonds is 4. The van der Waals surface area contributed by atoms with E-state index in [4.69, 9.17) is 14.5 Å². The number of aliphatic imine (C=N–C) groups is 1. The molecule has 0 spiro atoms. The third-order valence-corrected chi connectivity index (χ3v) is 8.11. The zero-order valence-electron chi connectivity index (χ0n) is 20.3. The molecule has 2 aromatic carbocycles. The number of nitrogens with zero attached hydrogens (tertiary/aromatic N) is 4. The maximum atomic E-state index is 12.0. The Labute approximate surface area is 211 Å². The maximum Gasteiger partial charge on any atom is 0.308 e. The minimum atomic E-state index is -0.924. The van der Waals surface area contributed by atoms with E-state index in [1.807, 2.05) is 41.8 Å². The van der Waals surface area contributed by atoms with Crippen LogP contribution in [0.1, 0.15) is 46.2 Å². The predicted octanol–water partition coefficient (Wildman–Crippen LogP) is 5.26. The quantitative estimate of drug-likeness (QED) is 0.410. The Morgan fingerprint density at radius 3 is 2.47 bits per heavy atom. The highest BCUT2D eigenvalue weighted by atomic mass is 32.1. The summed E-state index contributed by atoms with van der Waals surface area (Å²) in [6, 6.07) is 13.4. The highest BCUT2D eigenvalue weighted by Crippen LogP contribution is 2.41. The van der Waals surface area contributed by atoms with Crippen molar-refractivity contribution in [1.82, 2.24) is 14.8 Å². The van der Waals surface area contributed by atoms with E-state index in [-0.39, 0.29) is 6.79 Å². The highest BCUT2D eigenvalue weighted by Gasteiger charge is 2.36. The number of ether oxygens (including phenoxy) is 2. The first-order valence-corrected chi connectivity index (χ1v) is 12.5. The number of thiophene rings is 1. The zero-order chi connectivity index (χ0) is 25.1. The largest absolute Gasteiger partial charge is 0.481 e. The highest BCUT2D eigenvalue weighted by molar-refractivity contribution is 7.15. The van der Waals surface area contributed by atoms with Gasteiger partial charge in [-0.25, -0.2) is 0 Å². The van der Waals surface area contributed by atoms with E-state index < -0.39 is 17.9 Å². The van der Waals surface area contributed by atoms with Crippen molar-refractivity contribution in [2.24, 2.45) is 10.9 Å². The van der Waals surface area contributed by atoms with E-state index >= 15 is 0 Å². The Morgan fingerprint density at radius 1 is 1.03 bits per heavy atom. The number of carbonyl (C=O) groups is 1. The van der Waals surface area contributed by atoms with E-state index in [0.29, 0.717) is 11.6 Å². The predicted molar refractivity (Wildman–Crippen MR) is 137 cm³/mol. The van der Waals surface area contributed by atoms with Gasteiger partial charge in [-0.15, -0.1) is 21.5 Å². The van der Waals surface area contributed by atoms with Crippen LogP contribution < -0.4 is 9.47 Å². The second-order valence-electron chi connectivity index (χ2n) is 9.10. The van der Waals surface area contributed by atoms with Gasteiger partial charge in [-0.05, 0) is 56.5 Å². The van der Waals surface area contributed by atoms with Gasteiger partial charge in [-0.1, -0.05) is 30.3 Å².